The summed E-state index contributed by atoms with van der Waals surface area (Å²) in [5, 5.41) is 12.2. The molecule has 1 aliphatic heterocycles. The van der Waals surface area contributed by atoms with E-state index in [0.717, 1.165) is 16.4 Å². The number of non-ortho nitro benzene ring substituents is 1. The Bertz CT molecular complexity index is 517. The van der Waals surface area contributed by atoms with Crippen LogP contribution in [0.25, 0.3) is 0 Å². The van der Waals surface area contributed by atoms with Gasteiger partial charge in [-0.15, -0.1) is 11.8 Å². The van der Waals surface area contributed by atoms with Crippen molar-refractivity contribution in [3.05, 3.63) is 38.9 Å². The van der Waals surface area contributed by atoms with Crippen molar-refractivity contribution < 1.29 is 4.92 Å². The molecule has 2 rings (SSSR count). The lowest BCUT2D eigenvalue weighted by atomic mass is 10.1. The quantitative estimate of drug-likeness (QED) is 0.620. The zero-order valence-electron chi connectivity index (χ0n) is 10.1. The van der Waals surface area contributed by atoms with Gasteiger partial charge in [-0.1, -0.05) is 25.4 Å². The maximum absolute atomic E-state index is 10.6. The number of nitrogens with zero attached hydrogens (tertiary/aromatic N) is 2. The molecule has 0 saturated heterocycles. The first-order valence-corrected chi connectivity index (χ1v) is 6.99. The number of nitro benzene ring substituents is 1. The number of hydrogen-bond acceptors (Lipinski definition) is 4. The van der Waals surface area contributed by atoms with E-state index in [2.05, 4.69) is 18.8 Å². The van der Waals surface area contributed by atoms with Gasteiger partial charge in [0.1, 0.15) is 0 Å². The summed E-state index contributed by atoms with van der Waals surface area (Å²) < 4.78 is 0. The summed E-state index contributed by atoms with van der Waals surface area (Å²) in [6, 6.07) is 4.60. The monoisotopic (exact) mass is 284 g/mol. The lowest BCUT2D eigenvalue weighted by Gasteiger charge is -2.08. The highest BCUT2D eigenvalue weighted by Crippen LogP contribution is 2.37. The molecule has 0 N–H and O–H groups in total. The van der Waals surface area contributed by atoms with Gasteiger partial charge in [-0.2, -0.15) is 0 Å². The van der Waals surface area contributed by atoms with Crippen LogP contribution in [0.3, 0.4) is 0 Å². The van der Waals surface area contributed by atoms with Crippen LogP contribution < -0.4 is 0 Å². The Morgan fingerprint density at radius 2 is 2.28 bits per heavy atom. The van der Waals surface area contributed by atoms with Crippen molar-refractivity contribution in [3.8, 4) is 0 Å². The molecule has 0 amide bonds. The van der Waals surface area contributed by atoms with Crippen LogP contribution in [0.15, 0.2) is 23.2 Å². The van der Waals surface area contributed by atoms with E-state index in [0.29, 0.717) is 10.9 Å². The SMILES string of the molecule is CC(C)C1=NC(c2ccc([N+](=O)[O-])cc2Cl)CS1. The van der Waals surface area contributed by atoms with E-state index >= 15 is 0 Å². The smallest absolute Gasteiger partial charge is 0.270 e. The minimum atomic E-state index is -0.443. The summed E-state index contributed by atoms with van der Waals surface area (Å²) in [6.07, 6.45) is 0. The number of nitro groups is 1. The zero-order valence-corrected chi connectivity index (χ0v) is 11.7. The molecule has 0 fully saturated rings. The third-order valence-corrected chi connectivity index (χ3v) is 4.40. The van der Waals surface area contributed by atoms with Gasteiger partial charge in [-0.05, 0) is 11.6 Å². The van der Waals surface area contributed by atoms with Crippen LogP contribution in [0.2, 0.25) is 5.02 Å². The molecule has 1 aromatic rings. The Morgan fingerprint density at radius 1 is 1.56 bits per heavy atom. The molecule has 4 nitrogen and oxygen atoms in total. The first-order chi connectivity index (χ1) is 8.49. The Labute approximate surface area is 115 Å². The topological polar surface area (TPSA) is 55.5 Å². The highest BCUT2D eigenvalue weighted by atomic mass is 35.5. The van der Waals surface area contributed by atoms with Gasteiger partial charge in [0.15, 0.2) is 0 Å². The summed E-state index contributed by atoms with van der Waals surface area (Å²) in [6.45, 7) is 4.21. The standard InChI is InChI=1S/C12H13ClN2O2S/c1-7(2)12-14-11(6-18-12)9-4-3-8(15(16)17)5-10(9)13/h3-5,7,11H,6H2,1-2H3. The second-order valence-corrected chi connectivity index (χ2v) is 5.86. The van der Waals surface area contributed by atoms with Crippen LogP contribution in [0, 0.1) is 16.0 Å². The third kappa shape index (κ3) is 2.67. The molecule has 0 aromatic heterocycles. The fourth-order valence-corrected chi connectivity index (χ4v) is 3.19. The number of thioether (sulfide) groups is 1. The lowest BCUT2D eigenvalue weighted by molar-refractivity contribution is -0.384. The van der Waals surface area contributed by atoms with Gasteiger partial charge < -0.3 is 0 Å². The van der Waals surface area contributed by atoms with Crippen LogP contribution in [-0.2, 0) is 0 Å². The van der Waals surface area contributed by atoms with E-state index in [9.17, 15) is 10.1 Å². The van der Waals surface area contributed by atoms with Crippen molar-refractivity contribution in [1.29, 1.82) is 0 Å². The average Bonchev–Trinajstić information content (AvgIpc) is 2.78. The Morgan fingerprint density at radius 3 is 2.78 bits per heavy atom. The predicted octanol–water partition coefficient (Wildman–Crippen LogP) is 4.09. The zero-order chi connectivity index (χ0) is 13.3. The van der Waals surface area contributed by atoms with Gasteiger partial charge >= 0.3 is 0 Å². The molecule has 96 valence electrons. The molecule has 6 heteroatoms. The molecule has 1 aromatic carbocycles. The van der Waals surface area contributed by atoms with Crippen molar-refractivity contribution in [1.82, 2.24) is 0 Å². The van der Waals surface area contributed by atoms with Gasteiger partial charge in [0, 0.05) is 23.8 Å². The van der Waals surface area contributed by atoms with Crippen molar-refractivity contribution >= 4 is 34.1 Å². The summed E-state index contributed by atoms with van der Waals surface area (Å²) in [4.78, 5) is 14.8. The minimum Gasteiger partial charge on any atom is -0.274 e. The van der Waals surface area contributed by atoms with Crippen LogP contribution in [0.5, 0.6) is 0 Å². The lowest BCUT2D eigenvalue weighted by Crippen LogP contribution is -1.98. The fraction of sp³-hybridized carbons (Fsp3) is 0.417. The molecule has 0 radical (unpaired) electrons. The summed E-state index contributed by atoms with van der Waals surface area (Å²) >= 11 is 7.83. The molecule has 0 spiro atoms. The van der Waals surface area contributed by atoms with Crippen molar-refractivity contribution in [3.63, 3.8) is 0 Å². The van der Waals surface area contributed by atoms with Crippen LogP contribution in [0.4, 0.5) is 5.69 Å². The molecule has 18 heavy (non-hydrogen) atoms. The Balaban J connectivity index is 2.28. The van der Waals surface area contributed by atoms with Gasteiger partial charge in [0.05, 0.1) is 21.0 Å². The molecule has 0 bridgehead atoms. The van der Waals surface area contributed by atoms with Gasteiger partial charge in [0.25, 0.3) is 5.69 Å². The highest BCUT2D eigenvalue weighted by Gasteiger charge is 2.24. The molecule has 1 aliphatic rings. The largest absolute Gasteiger partial charge is 0.274 e. The van der Waals surface area contributed by atoms with Crippen molar-refractivity contribution in [2.75, 3.05) is 5.75 Å². The number of benzene rings is 1. The van der Waals surface area contributed by atoms with E-state index in [4.69, 9.17) is 11.6 Å². The van der Waals surface area contributed by atoms with E-state index < -0.39 is 4.92 Å². The normalized spacial score (nSPS) is 19.1. The van der Waals surface area contributed by atoms with Crippen molar-refractivity contribution in [2.45, 2.75) is 19.9 Å². The number of rotatable bonds is 3. The van der Waals surface area contributed by atoms with E-state index in [1.165, 1.54) is 12.1 Å². The van der Waals surface area contributed by atoms with Gasteiger partial charge in [0.2, 0.25) is 0 Å². The first kappa shape index (κ1) is 13.4. The summed E-state index contributed by atoms with van der Waals surface area (Å²) in [7, 11) is 0. The molecule has 0 aliphatic carbocycles. The fourth-order valence-electron chi connectivity index (χ4n) is 1.77. The van der Waals surface area contributed by atoms with Crippen LogP contribution in [0.1, 0.15) is 25.5 Å². The molecule has 1 atom stereocenters. The van der Waals surface area contributed by atoms with Crippen LogP contribution in [-0.4, -0.2) is 15.7 Å². The highest BCUT2D eigenvalue weighted by molar-refractivity contribution is 8.14. The van der Waals surface area contributed by atoms with Gasteiger partial charge in [-0.3, -0.25) is 15.1 Å². The van der Waals surface area contributed by atoms with Gasteiger partial charge in [-0.25, -0.2) is 0 Å². The predicted molar refractivity (Wildman–Crippen MR) is 75.6 cm³/mol. The molecule has 1 unspecified atom stereocenters. The van der Waals surface area contributed by atoms with E-state index in [1.807, 2.05) is 0 Å². The summed E-state index contributed by atoms with van der Waals surface area (Å²) in [5.74, 6) is 1.27. The van der Waals surface area contributed by atoms with Crippen LogP contribution >= 0.6 is 23.4 Å². The van der Waals surface area contributed by atoms with E-state index in [1.54, 1.807) is 17.8 Å². The Hall–Kier alpha value is -1.07. The number of halogens is 1. The Kier molecular flexibility index (Phi) is 3.92. The second kappa shape index (κ2) is 5.28. The number of aliphatic imine (C=N–C) groups is 1. The maximum atomic E-state index is 10.6. The first-order valence-electron chi connectivity index (χ1n) is 5.63. The average molecular weight is 285 g/mol. The maximum Gasteiger partial charge on any atom is 0.270 e. The summed E-state index contributed by atoms with van der Waals surface area (Å²) in [5.41, 5.74) is 0.882. The third-order valence-electron chi connectivity index (χ3n) is 2.72. The number of hydrogen-bond donors (Lipinski definition) is 0. The second-order valence-electron chi connectivity index (χ2n) is 4.41. The van der Waals surface area contributed by atoms with Crippen molar-refractivity contribution in [2.24, 2.45) is 10.9 Å². The minimum absolute atomic E-state index is 0.0145. The molecular formula is C12H13ClN2O2S. The molecule has 1 heterocycles. The molecule has 0 saturated carbocycles. The van der Waals surface area contributed by atoms with E-state index in [-0.39, 0.29) is 11.7 Å². The molecular weight excluding hydrogens is 272 g/mol.